The quantitative estimate of drug-likeness (QED) is 0.898. The number of hydrogen-bond acceptors (Lipinski definition) is 4. The summed E-state index contributed by atoms with van der Waals surface area (Å²) in [6, 6.07) is 3.95. The smallest absolute Gasteiger partial charge is 0.261 e. The van der Waals surface area contributed by atoms with E-state index >= 15 is 0 Å². The molecule has 5 heteroatoms. The molecule has 90 valence electrons. The van der Waals surface area contributed by atoms with Gasteiger partial charge in [0.2, 0.25) is 0 Å². The van der Waals surface area contributed by atoms with Crippen molar-refractivity contribution in [3.8, 4) is 0 Å². The molecule has 0 aliphatic heterocycles. The monoisotopic (exact) mass is 267 g/mol. The Kier molecular flexibility index (Phi) is 2.69. The third-order valence-electron chi connectivity index (χ3n) is 3.23. The van der Waals surface area contributed by atoms with Gasteiger partial charge in [0.15, 0.2) is 0 Å². The molecule has 2 N–H and O–H groups in total. The van der Waals surface area contributed by atoms with Gasteiger partial charge in [-0.3, -0.25) is 4.79 Å². The van der Waals surface area contributed by atoms with Crippen molar-refractivity contribution in [1.82, 2.24) is 5.32 Å². The summed E-state index contributed by atoms with van der Waals surface area (Å²) in [4.78, 5) is 12.6. The zero-order valence-corrected chi connectivity index (χ0v) is 10.9. The van der Waals surface area contributed by atoms with Crippen LogP contribution in [-0.4, -0.2) is 23.2 Å². The van der Waals surface area contributed by atoms with E-state index in [1.807, 2.05) is 17.5 Å². The molecule has 0 unspecified atom stereocenters. The first-order valence-electron chi connectivity index (χ1n) is 5.64. The molecule has 0 saturated heterocycles. The fourth-order valence-electron chi connectivity index (χ4n) is 1.97. The van der Waals surface area contributed by atoms with E-state index in [9.17, 15) is 9.90 Å². The number of aliphatic hydroxyl groups is 1. The second kappa shape index (κ2) is 4.08. The van der Waals surface area contributed by atoms with Crippen LogP contribution in [0.25, 0.3) is 9.40 Å². The fraction of sp³-hybridized carbons (Fsp3) is 0.417. The number of thiophene rings is 2. The van der Waals surface area contributed by atoms with Gasteiger partial charge in [0.05, 0.1) is 10.5 Å². The number of amides is 1. The van der Waals surface area contributed by atoms with Crippen LogP contribution in [0.1, 0.15) is 28.9 Å². The van der Waals surface area contributed by atoms with Crippen molar-refractivity contribution in [3.05, 3.63) is 22.4 Å². The molecular weight excluding hydrogens is 254 g/mol. The third-order valence-corrected chi connectivity index (χ3v) is 5.32. The summed E-state index contributed by atoms with van der Waals surface area (Å²) >= 11 is 3.15. The van der Waals surface area contributed by atoms with E-state index in [0.717, 1.165) is 33.5 Å². The van der Waals surface area contributed by atoms with Gasteiger partial charge in [-0.25, -0.2) is 0 Å². The minimum Gasteiger partial charge on any atom is -0.388 e. The van der Waals surface area contributed by atoms with Crippen LogP contribution >= 0.6 is 22.7 Å². The maximum absolute atomic E-state index is 11.9. The van der Waals surface area contributed by atoms with E-state index < -0.39 is 5.60 Å². The largest absolute Gasteiger partial charge is 0.388 e. The lowest BCUT2D eigenvalue weighted by Crippen LogP contribution is -2.47. The molecule has 3 rings (SSSR count). The molecule has 0 bridgehead atoms. The van der Waals surface area contributed by atoms with Gasteiger partial charge < -0.3 is 10.4 Å². The number of carbonyl (C=O) groups excluding carboxylic acids is 1. The Morgan fingerprint density at radius 3 is 2.94 bits per heavy atom. The van der Waals surface area contributed by atoms with Crippen molar-refractivity contribution in [1.29, 1.82) is 0 Å². The highest BCUT2D eigenvalue weighted by molar-refractivity contribution is 7.27. The van der Waals surface area contributed by atoms with Gasteiger partial charge in [0.1, 0.15) is 0 Å². The highest BCUT2D eigenvalue weighted by Gasteiger charge is 2.34. The Labute approximate surface area is 107 Å². The topological polar surface area (TPSA) is 49.3 Å². The molecule has 1 aliphatic rings. The van der Waals surface area contributed by atoms with Crippen molar-refractivity contribution in [2.45, 2.75) is 24.9 Å². The molecule has 0 atom stereocenters. The normalized spacial score (nSPS) is 17.9. The van der Waals surface area contributed by atoms with Crippen LogP contribution in [0.15, 0.2) is 17.5 Å². The van der Waals surface area contributed by atoms with E-state index in [0.29, 0.717) is 6.54 Å². The molecule has 1 aliphatic carbocycles. The van der Waals surface area contributed by atoms with Crippen molar-refractivity contribution >= 4 is 38.0 Å². The molecular formula is C12H13NO2S2. The van der Waals surface area contributed by atoms with Crippen molar-refractivity contribution in [3.63, 3.8) is 0 Å². The van der Waals surface area contributed by atoms with Gasteiger partial charge in [0.25, 0.3) is 5.91 Å². The molecule has 0 radical (unpaired) electrons. The average molecular weight is 267 g/mol. The Hall–Kier alpha value is -0.910. The molecule has 0 aromatic carbocycles. The lowest BCUT2D eigenvalue weighted by Gasteiger charge is -2.36. The van der Waals surface area contributed by atoms with Gasteiger partial charge in [-0.05, 0) is 36.8 Å². The van der Waals surface area contributed by atoms with Crippen LogP contribution in [0.4, 0.5) is 0 Å². The van der Waals surface area contributed by atoms with E-state index in [-0.39, 0.29) is 5.91 Å². The average Bonchev–Trinajstić information content (AvgIpc) is 2.82. The number of fused-ring (bicyclic) bond motifs is 1. The third kappa shape index (κ3) is 2.10. The van der Waals surface area contributed by atoms with Crippen LogP contribution in [0.5, 0.6) is 0 Å². The van der Waals surface area contributed by atoms with Crippen LogP contribution < -0.4 is 5.32 Å². The van der Waals surface area contributed by atoms with Gasteiger partial charge >= 0.3 is 0 Å². The summed E-state index contributed by atoms with van der Waals surface area (Å²) in [5, 5.41) is 14.7. The Bertz CT molecular complexity index is 525. The molecule has 2 aromatic rings. The van der Waals surface area contributed by atoms with E-state index in [2.05, 4.69) is 5.32 Å². The van der Waals surface area contributed by atoms with E-state index in [1.165, 1.54) is 11.3 Å². The maximum Gasteiger partial charge on any atom is 0.261 e. The molecule has 1 fully saturated rings. The Morgan fingerprint density at radius 1 is 1.47 bits per heavy atom. The Morgan fingerprint density at radius 2 is 2.29 bits per heavy atom. The molecule has 1 saturated carbocycles. The highest BCUT2D eigenvalue weighted by atomic mass is 32.1. The predicted octanol–water partition coefficient (Wildman–Crippen LogP) is 2.61. The van der Waals surface area contributed by atoms with Crippen LogP contribution in [-0.2, 0) is 0 Å². The van der Waals surface area contributed by atoms with Crippen LogP contribution in [0.3, 0.4) is 0 Å². The summed E-state index contributed by atoms with van der Waals surface area (Å²) in [5.74, 6) is -0.0706. The van der Waals surface area contributed by atoms with Crippen LogP contribution in [0.2, 0.25) is 0 Å². The maximum atomic E-state index is 11.9. The van der Waals surface area contributed by atoms with Crippen LogP contribution in [0, 0.1) is 0 Å². The predicted molar refractivity (Wildman–Crippen MR) is 70.8 cm³/mol. The van der Waals surface area contributed by atoms with E-state index in [4.69, 9.17) is 0 Å². The zero-order chi connectivity index (χ0) is 11.9. The van der Waals surface area contributed by atoms with Crippen molar-refractivity contribution in [2.24, 2.45) is 0 Å². The minimum atomic E-state index is -0.649. The van der Waals surface area contributed by atoms with Crippen molar-refractivity contribution < 1.29 is 9.90 Å². The highest BCUT2D eigenvalue weighted by Crippen LogP contribution is 2.32. The first kappa shape index (κ1) is 11.2. The van der Waals surface area contributed by atoms with Gasteiger partial charge in [-0.2, -0.15) is 0 Å². The standard InChI is InChI=1S/C12H13NO2S2/c14-11(13-7-12(15)3-1-4-12)10-6-9-8(17-10)2-5-16-9/h2,5-6,15H,1,3-4,7H2,(H,13,14). The summed E-state index contributed by atoms with van der Waals surface area (Å²) in [5.41, 5.74) is -0.649. The second-order valence-electron chi connectivity index (χ2n) is 4.52. The lowest BCUT2D eigenvalue weighted by molar-refractivity contribution is -0.0300. The number of rotatable bonds is 3. The summed E-state index contributed by atoms with van der Waals surface area (Å²) in [6.07, 6.45) is 2.65. The molecule has 3 nitrogen and oxygen atoms in total. The SMILES string of the molecule is O=C(NCC1(O)CCC1)c1cc2sccc2s1. The minimum absolute atomic E-state index is 0.0706. The summed E-state index contributed by atoms with van der Waals surface area (Å²) in [6.45, 7) is 0.372. The molecule has 2 aromatic heterocycles. The molecule has 0 spiro atoms. The number of carbonyl (C=O) groups is 1. The second-order valence-corrected chi connectivity index (χ2v) is 6.55. The van der Waals surface area contributed by atoms with Gasteiger partial charge in [0, 0.05) is 15.9 Å². The fourth-order valence-corrected chi connectivity index (χ4v) is 4.00. The van der Waals surface area contributed by atoms with Crippen molar-refractivity contribution in [2.75, 3.05) is 6.54 Å². The van der Waals surface area contributed by atoms with Gasteiger partial charge in [-0.1, -0.05) is 0 Å². The number of nitrogens with one attached hydrogen (secondary N) is 1. The Balaban J connectivity index is 1.67. The zero-order valence-electron chi connectivity index (χ0n) is 9.23. The first-order chi connectivity index (χ1) is 8.16. The van der Waals surface area contributed by atoms with E-state index in [1.54, 1.807) is 11.3 Å². The molecule has 2 heterocycles. The van der Waals surface area contributed by atoms with Gasteiger partial charge in [-0.15, -0.1) is 22.7 Å². The first-order valence-corrected chi connectivity index (χ1v) is 7.34. The lowest BCUT2D eigenvalue weighted by atomic mass is 9.80. The molecule has 17 heavy (non-hydrogen) atoms. The molecule has 1 amide bonds. The summed E-state index contributed by atoms with van der Waals surface area (Å²) < 4.78 is 2.31. The summed E-state index contributed by atoms with van der Waals surface area (Å²) in [7, 11) is 0. The number of hydrogen-bond donors (Lipinski definition) is 2.